The van der Waals surface area contributed by atoms with E-state index in [0.717, 1.165) is 50.4 Å². The van der Waals surface area contributed by atoms with E-state index in [9.17, 15) is 13.9 Å². The van der Waals surface area contributed by atoms with Gasteiger partial charge in [-0.05, 0) is 36.4 Å². The van der Waals surface area contributed by atoms with Crippen molar-refractivity contribution in [2.45, 2.75) is 25.2 Å². The highest BCUT2D eigenvalue weighted by atomic mass is 19.1. The number of piperazine rings is 1. The molecule has 1 aromatic heterocycles. The van der Waals surface area contributed by atoms with Crippen LogP contribution in [0.2, 0.25) is 0 Å². The molecule has 1 aliphatic heterocycles. The van der Waals surface area contributed by atoms with Crippen molar-refractivity contribution >= 4 is 5.69 Å². The Morgan fingerprint density at radius 3 is 2.33 bits per heavy atom. The second-order valence-corrected chi connectivity index (χ2v) is 10.3. The van der Waals surface area contributed by atoms with Crippen LogP contribution < -0.4 is 4.90 Å². The maximum absolute atomic E-state index is 14.7. The molecule has 9 heteroatoms. The number of hydrogen-bond acceptors (Lipinski definition) is 6. The number of likely N-dealkylation sites (N-methyl/N-ethyl adjacent to an activating group) is 1. The topological polar surface area (TPSA) is 60.7 Å². The number of halogens is 2. The van der Waals surface area contributed by atoms with Crippen molar-refractivity contribution in [2.24, 2.45) is 0 Å². The Morgan fingerprint density at radius 1 is 0.923 bits per heavy atom. The quantitative estimate of drug-likeness (QED) is 0.334. The first-order chi connectivity index (χ1) is 18.9. The number of benzene rings is 3. The standard InChI is InChI=1S/C30H34F2N6O/c1-35(20-30(39,21-38-23-33-22-34-38)28-12-9-26(31)17-29(28)32)18-25-7-10-27(11-8-25)37-15-13-36(14-16-37)19-24-5-3-2-4-6-24/h2-12,17,22-23,39H,13-16,18-21H2,1H3. The van der Waals surface area contributed by atoms with Gasteiger partial charge in [-0.1, -0.05) is 48.5 Å². The fourth-order valence-electron chi connectivity index (χ4n) is 5.30. The number of hydrogen-bond donors (Lipinski definition) is 1. The number of aliphatic hydroxyl groups is 1. The zero-order valence-electron chi connectivity index (χ0n) is 22.1. The summed E-state index contributed by atoms with van der Waals surface area (Å²) in [5.74, 6) is -1.48. The molecule has 1 N–H and O–H groups in total. The van der Waals surface area contributed by atoms with Crippen molar-refractivity contribution in [3.63, 3.8) is 0 Å². The zero-order valence-corrected chi connectivity index (χ0v) is 22.1. The third-order valence-corrected chi connectivity index (χ3v) is 7.23. The van der Waals surface area contributed by atoms with E-state index in [4.69, 9.17) is 0 Å². The van der Waals surface area contributed by atoms with Gasteiger partial charge in [0.15, 0.2) is 0 Å². The molecule has 5 rings (SSSR count). The lowest BCUT2D eigenvalue weighted by Gasteiger charge is -2.36. The Balaban J connectivity index is 1.20. The van der Waals surface area contributed by atoms with Crippen LogP contribution in [0.25, 0.3) is 0 Å². The van der Waals surface area contributed by atoms with Gasteiger partial charge in [0.05, 0.1) is 6.54 Å². The Kier molecular flexibility index (Phi) is 8.30. The van der Waals surface area contributed by atoms with Gasteiger partial charge < -0.3 is 10.0 Å². The second kappa shape index (κ2) is 12.0. The van der Waals surface area contributed by atoms with Crippen molar-refractivity contribution in [2.75, 3.05) is 44.7 Å². The molecule has 0 bridgehead atoms. The maximum Gasteiger partial charge on any atom is 0.137 e. The van der Waals surface area contributed by atoms with Gasteiger partial charge in [-0.3, -0.25) is 9.80 Å². The molecule has 1 unspecified atom stereocenters. The van der Waals surface area contributed by atoms with E-state index in [2.05, 4.69) is 68.4 Å². The zero-order chi connectivity index (χ0) is 27.2. The summed E-state index contributed by atoms with van der Waals surface area (Å²) in [7, 11) is 1.87. The van der Waals surface area contributed by atoms with Gasteiger partial charge in [-0.15, -0.1) is 0 Å². The fourth-order valence-corrected chi connectivity index (χ4v) is 5.30. The van der Waals surface area contributed by atoms with E-state index in [1.807, 2.05) is 18.0 Å². The van der Waals surface area contributed by atoms with Crippen LogP contribution in [0.4, 0.5) is 14.5 Å². The summed E-state index contributed by atoms with van der Waals surface area (Å²) in [5, 5.41) is 15.7. The van der Waals surface area contributed by atoms with Crippen LogP contribution in [-0.2, 0) is 25.2 Å². The molecule has 39 heavy (non-hydrogen) atoms. The third kappa shape index (κ3) is 6.86. The van der Waals surface area contributed by atoms with Crippen LogP contribution in [0.5, 0.6) is 0 Å². The molecule has 2 heterocycles. The number of anilines is 1. The van der Waals surface area contributed by atoms with Crippen molar-refractivity contribution in [1.29, 1.82) is 0 Å². The van der Waals surface area contributed by atoms with Gasteiger partial charge >= 0.3 is 0 Å². The minimum Gasteiger partial charge on any atom is -0.382 e. The number of aromatic nitrogens is 3. The lowest BCUT2D eigenvalue weighted by Crippen LogP contribution is -2.46. The van der Waals surface area contributed by atoms with Gasteiger partial charge in [0.25, 0.3) is 0 Å². The molecule has 0 saturated carbocycles. The highest BCUT2D eigenvalue weighted by molar-refractivity contribution is 5.48. The lowest BCUT2D eigenvalue weighted by atomic mass is 9.92. The second-order valence-electron chi connectivity index (χ2n) is 10.3. The molecule has 1 aliphatic rings. The van der Waals surface area contributed by atoms with Crippen LogP contribution in [-0.4, -0.2) is 69.4 Å². The first kappa shape index (κ1) is 26.9. The summed E-state index contributed by atoms with van der Waals surface area (Å²) in [6, 6.07) is 22.3. The molecule has 1 saturated heterocycles. The largest absolute Gasteiger partial charge is 0.382 e. The van der Waals surface area contributed by atoms with E-state index in [1.165, 1.54) is 34.7 Å². The molecular weight excluding hydrogens is 498 g/mol. The van der Waals surface area contributed by atoms with E-state index in [1.54, 1.807) is 0 Å². The highest BCUT2D eigenvalue weighted by Crippen LogP contribution is 2.28. The van der Waals surface area contributed by atoms with Gasteiger partial charge in [-0.2, -0.15) is 5.10 Å². The van der Waals surface area contributed by atoms with Crippen LogP contribution in [0.15, 0.2) is 85.5 Å². The minimum absolute atomic E-state index is 0.0188. The normalized spacial score (nSPS) is 16.0. The molecule has 1 atom stereocenters. The Morgan fingerprint density at radius 2 is 1.67 bits per heavy atom. The molecule has 0 amide bonds. The average Bonchev–Trinajstić information content (AvgIpc) is 3.42. The van der Waals surface area contributed by atoms with Gasteiger partial charge in [0.1, 0.15) is 29.9 Å². The molecule has 0 spiro atoms. The van der Waals surface area contributed by atoms with E-state index < -0.39 is 17.2 Å². The van der Waals surface area contributed by atoms with Crippen LogP contribution >= 0.6 is 0 Å². The summed E-state index contributed by atoms with van der Waals surface area (Å²) in [5.41, 5.74) is 1.99. The molecule has 0 radical (unpaired) electrons. The minimum atomic E-state index is -1.64. The van der Waals surface area contributed by atoms with Crippen molar-refractivity contribution in [3.05, 3.63) is 114 Å². The predicted molar refractivity (Wildman–Crippen MR) is 147 cm³/mol. The van der Waals surface area contributed by atoms with Gasteiger partial charge in [0, 0.05) is 63.1 Å². The van der Waals surface area contributed by atoms with Crippen LogP contribution in [0.1, 0.15) is 16.7 Å². The summed E-state index contributed by atoms with van der Waals surface area (Å²) in [4.78, 5) is 10.7. The summed E-state index contributed by atoms with van der Waals surface area (Å²) < 4.78 is 29.8. The molecule has 1 fully saturated rings. The van der Waals surface area contributed by atoms with E-state index in [-0.39, 0.29) is 18.7 Å². The molecule has 3 aromatic carbocycles. The van der Waals surface area contributed by atoms with Gasteiger partial charge in [-0.25, -0.2) is 18.4 Å². The van der Waals surface area contributed by atoms with Gasteiger partial charge in [0.2, 0.25) is 0 Å². The van der Waals surface area contributed by atoms with E-state index >= 15 is 0 Å². The van der Waals surface area contributed by atoms with Crippen LogP contribution in [0.3, 0.4) is 0 Å². The number of rotatable bonds is 10. The van der Waals surface area contributed by atoms with Crippen molar-refractivity contribution in [1.82, 2.24) is 24.6 Å². The Hall–Kier alpha value is -3.66. The molecule has 4 aromatic rings. The molecular formula is C30H34F2N6O. The molecule has 0 aliphatic carbocycles. The average molecular weight is 533 g/mol. The molecule has 7 nitrogen and oxygen atoms in total. The van der Waals surface area contributed by atoms with E-state index in [0.29, 0.717) is 6.54 Å². The summed E-state index contributed by atoms with van der Waals surface area (Å²) in [6.45, 7) is 5.61. The fraction of sp³-hybridized carbons (Fsp3) is 0.333. The molecule has 204 valence electrons. The predicted octanol–water partition coefficient (Wildman–Crippen LogP) is 3.90. The lowest BCUT2D eigenvalue weighted by molar-refractivity contribution is -0.0175. The van der Waals surface area contributed by atoms with Crippen LogP contribution in [0, 0.1) is 11.6 Å². The number of nitrogens with zero attached hydrogens (tertiary/aromatic N) is 6. The monoisotopic (exact) mass is 532 g/mol. The maximum atomic E-state index is 14.7. The first-order valence-electron chi connectivity index (χ1n) is 13.2. The highest BCUT2D eigenvalue weighted by Gasteiger charge is 2.35. The third-order valence-electron chi connectivity index (χ3n) is 7.23. The summed E-state index contributed by atoms with van der Waals surface area (Å²) in [6.07, 6.45) is 2.82. The first-order valence-corrected chi connectivity index (χ1v) is 13.2. The smallest absolute Gasteiger partial charge is 0.137 e. The van der Waals surface area contributed by atoms with Crippen molar-refractivity contribution in [3.8, 4) is 0 Å². The Labute approximate surface area is 227 Å². The SMILES string of the molecule is CN(Cc1ccc(N2CCN(Cc3ccccc3)CC2)cc1)CC(O)(Cn1cncn1)c1ccc(F)cc1F. The Bertz CT molecular complexity index is 1330. The van der Waals surface area contributed by atoms with Crippen molar-refractivity contribution < 1.29 is 13.9 Å². The summed E-state index contributed by atoms with van der Waals surface area (Å²) >= 11 is 0.